The van der Waals surface area contributed by atoms with Crippen molar-refractivity contribution < 1.29 is 10.2 Å². The van der Waals surface area contributed by atoms with Gasteiger partial charge in [0.1, 0.15) is 0 Å². The molecule has 4 aliphatic carbocycles. The molecule has 0 aliphatic heterocycles. The molecule has 31 heavy (non-hydrogen) atoms. The third-order valence-electron chi connectivity index (χ3n) is 11.2. The minimum Gasteiger partial charge on any atom is -0.393 e. The van der Waals surface area contributed by atoms with Crippen LogP contribution in [0.2, 0.25) is 0 Å². The Hall–Kier alpha value is -0.340. The van der Waals surface area contributed by atoms with Gasteiger partial charge in [-0.1, -0.05) is 66.0 Å². The first-order chi connectivity index (χ1) is 14.6. The lowest BCUT2D eigenvalue weighted by atomic mass is 9.45. The number of aliphatic hydroxyl groups is 2. The molecule has 10 atom stereocenters. The minimum absolute atomic E-state index is 0.0704. The second kappa shape index (κ2) is 8.79. The van der Waals surface area contributed by atoms with E-state index in [0.29, 0.717) is 29.1 Å². The average Bonchev–Trinajstić information content (AvgIpc) is 2.98. The number of aliphatic hydroxyl groups excluding tert-OH is 2. The molecule has 4 rings (SSSR count). The molecule has 2 heteroatoms. The Morgan fingerprint density at radius 2 is 1.74 bits per heavy atom. The molecule has 0 bridgehead atoms. The summed E-state index contributed by atoms with van der Waals surface area (Å²) in [5.41, 5.74) is 2.22. The Kier molecular flexibility index (Phi) is 6.75. The Labute approximate surface area is 192 Å². The van der Waals surface area contributed by atoms with Gasteiger partial charge >= 0.3 is 0 Å². The summed E-state index contributed by atoms with van der Waals surface area (Å²) in [6, 6.07) is 0. The summed E-state index contributed by atoms with van der Waals surface area (Å²) in [5, 5.41) is 21.6. The molecule has 4 aliphatic rings. The van der Waals surface area contributed by atoms with Gasteiger partial charge in [-0.25, -0.2) is 0 Å². The molecular weight excluding hydrogens is 380 g/mol. The monoisotopic (exact) mass is 430 g/mol. The maximum atomic E-state index is 11.3. The van der Waals surface area contributed by atoms with E-state index in [1.165, 1.54) is 51.4 Å². The summed E-state index contributed by atoms with van der Waals surface area (Å²) in [5.74, 6) is 4.67. The van der Waals surface area contributed by atoms with Crippen LogP contribution in [0.25, 0.3) is 0 Å². The molecule has 0 aromatic heterocycles. The predicted molar refractivity (Wildman–Crippen MR) is 130 cm³/mol. The second-order valence-corrected chi connectivity index (χ2v) is 13.0. The molecule has 0 aromatic carbocycles. The van der Waals surface area contributed by atoms with Gasteiger partial charge in [0.05, 0.1) is 12.2 Å². The van der Waals surface area contributed by atoms with Gasteiger partial charge in [-0.2, -0.15) is 0 Å². The summed E-state index contributed by atoms with van der Waals surface area (Å²) in [7, 11) is 0. The standard InChI is InChI=1S/C29H50O2/c1-7-20(18(2)3)9-8-19(4)27-26(31)17-25-23-11-10-21-16-22(30)12-14-28(21,5)24(23)13-15-29(25,27)6/h17-24,26-27,30-31H,7-16H2,1-6H3. The highest BCUT2D eigenvalue weighted by Crippen LogP contribution is 2.66. The smallest absolute Gasteiger partial charge is 0.0762 e. The SMILES string of the molecule is CCC(CCC(C)C1C(O)C=C2C3CCC4CC(O)CCC4(C)C3CCC21C)C(C)C. The lowest BCUT2D eigenvalue weighted by Crippen LogP contribution is -2.52. The highest BCUT2D eigenvalue weighted by Gasteiger charge is 2.59. The molecule has 0 heterocycles. The van der Waals surface area contributed by atoms with Crippen molar-refractivity contribution in [3.05, 3.63) is 11.6 Å². The van der Waals surface area contributed by atoms with Crippen LogP contribution in [0.5, 0.6) is 0 Å². The van der Waals surface area contributed by atoms with Crippen LogP contribution < -0.4 is 0 Å². The van der Waals surface area contributed by atoms with Gasteiger partial charge in [-0.05, 0) is 97.7 Å². The first kappa shape index (κ1) is 23.8. The molecule has 178 valence electrons. The van der Waals surface area contributed by atoms with Gasteiger partial charge in [0, 0.05) is 5.92 Å². The fourth-order valence-electron chi connectivity index (χ4n) is 9.27. The molecule has 3 saturated carbocycles. The molecular formula is C29H50O2. The fraction of sp³-hybridized carbons (Fsp3) is 0.931. The maximum Gasteiger partial charge on any atom is 0.0762 e. The van der Waals surface area contributed by atoms with E-state index < -0.39 is 0 Å². The van der Waals surface area contributed by atoms with Crippen LogP contribution in [0.1, 0.15) is 106 Å². The number of fused-ring (bicyclic) bond motifs is 5. The van der Waals surface area contributed by atoms with Crippen LogP contribution >= 0.6 is 0 Å². The van der Waals surface area contributed by atoms with Crippen LogP contribution in [-0.2, 0) is 0 Å². The Morgan fingerprint density at radius 1 is 1.00 bits per heavy atom. The first-order valence-corrected chi connectivity index (χ1v) is 13.7. The summed E-state index contributed by atoms with van der Waals surface area (Å²) in [6.45, 7) is 14.6. The summed E-state index contributed by atoms with van der Waals surface area (Å²) >= 11 is 0. The van der Waals surface area contributed by atoms with E-state index in [9.17, 15) is 10.2 Å². The van der Waals surface area contributed by atoms with Crippen LogP contribution in [0.15, 0.2) is 11.6 Å². The first-order valence-electron chi connectivity index (χ1n) is 13.7. The minimum atomic E-state index is -0.258. The Balaban J connectivity index is 1.51. The van der Waals surface area contributed by atoms with Crippen molar-refractivity contribution in [3.8, 4) is 0 Å². The summed E-state index contributed by atoms with van der Waals surface area (Å²) in [4.78, 5) is 0. The molecule has 0 radical (unpaired) electrons. The molecule has 0 amide bonds. The maximum absolute atomic E-state index is 11.3. The normalized spacial score (nSPS) is 46.7. The van der Waals surface area contributed by atoms with Gasteiger partial charge in [0.2, 0.25) is 0 Å². The van der Waals surface area contributed by atoms with Crippen molar-refractivity contribution in [1.82, 2.24) is 0 Å². The molecule has 0 aromatic rings. The number of hydrogen-bond acceptors (Lipinski definition) is 2. The fourth-order valence-corrected chi connectivity index (χ4v) is 9.27. The third-order valence-corrected chi connectivity index (χ3v) is 11.2. The van der Waals surface area contributed by atoms with E-state index in [4.69, 9.17) is 0 Å². The quantitative estimate of drug-likeness (QED) is 0.446. The molecule has 2 nitrogen and oxygen atoms in total. The zero-order valence-electron chi connectivity index (χ0n) is 21.2. The van der Waals surface area contributed by atoms with Crippen LogP contribution in [0.4, 0.5) is 0 Å². The van der Waals surface area contributed by atoms with Crippen LogP contribution in [-0.4, -0.2) is 22.4 Å². The van der Waals surface area contributed by atoms with Gasteiger partial charge in [-0.3, -0.25) is 0 Å². The van der Waals surface area contributed by atoms with Gasteiger partial charge in [-0.15, -0.1) is 0 Å². The number of allylic oxidation sites excluding steroid dienone is 1. The van der Waals surface area contributed by atoms with E-state index in [0.717, 1.165) is 30.6 Å². The molecule has 0 saturated heterocycles. The zero-order valence-corrected chi connectivity index (χ0v) is 21.2. The van der Waals surface area contributed by atoms with Crippen molar-refractivity contribution in [2.45, 2.75) is 118 Å². The van der Waals surface area contributed by atoms with E-state index in [1.807, 2.05) is 0 Å². The average molecular weight is 431 g/mol. The van der Waals surface area contributed by atoms with Crippen LogP contribution in [0, 0.1) is 52.3 Å². The lowest BCUT2D eigenvalue weighted by Gasteiger charge is -2.59. The van der Waals surface area contributed by atoms with Crippen LogP contribution in [0.3, 0.4) is 0 Å². The Bertz CT molecular complexity index is 668. The van der Waals surface area contributed by atoms with E-state index in [1.54, 1.807) is 5.57 Å². The molecule has 0 spiro atoms. The van der Waals surface area contributed by atoms with E-state index in [-0.39, 0.29) is 17.6 Å². The van der Waals surface area contributed by atoms with Crippen molar-refractivity contribution in [2.24, 2.45) is 52.3 Å². The molecule has 2 N–H and O–H groups in total. The van der Waals surface area contributed by atoms with Crippen molar-refractivity contribution >= 4 is 0 Å². The largest absolute Gasteiger partial charge is 0.393 e. The molecule has 10 unspecified atom stereocenters. The van der Waals surface area contributed by atoms with Gasteiger partial charge < -0.3 is 10.2 Å². The zero-order chi connectivity index (χ0) is 22.6. The van der Waals surface area contributed by atoms with Crippen molar-refractivity contribution in [3.63, 3.8) is 0 Å². The number of hydrogen-bond donors (Lipinski definition) is 2. The van der Waals surface area contributed by atoms with Gasteiger partial charge in [0.15, 0.2) is 0 Å². The summed E-state index contributed by atoms with van der Waals surface area (Å²) in [6.07, 6.45) is 14.2. The second-order valence-electron chi connectivity index (χ2n) is 13.0. The summed E-state index contributed by atoms with van der Waals surface area (Å²) < 4.78 is 0. The van der Waals surface area contributed by atoms with E-state index >= 15 is 0 Å². The van der Waals surface area contributed by atoms with Crippen molar-refractivity contribution in [1.29, 1.82) is 0 Å². The van der Waals surface area contributed by atoms with E-state index in [2.05, 4.69) is 47.6 Å². The predicted octanol–water partition coefficient (Wildman–Crippen LogP) is 7.00. The Morgan fingerprint density at radius 3 is 2.42 bits per heavy atom. The molecule has 3 fully saturated rings. The topological polar surface area (TPSA) is 40.5 Å². The lowest BCUT2D eigenvalue weighted by molar-refractivity contribution is -0.0888. The number of rotatable bonds is 6. The third kappa shape index (κ3) is 3.96. The van der Waals surface area contributed by atoms with Gasteiger partial charge in [0.25, 0.3) is 0 Å². The van der Waals surface area contributed by atoms with Crippen molar-refractivity contribution in [2.75, 3.05) is 0 Å². The highest BCUT2D eigenvalue weighted by atomic mass is 16.3. The highest BCUT2D eigenvalue weighted by molar-refractivity contribution is 5.32.